The van der Waals surface area contributed by atoms with E-state index in [9.17, 15) is 22.8 Å². The van der Waals surface area contributed by atoms with Crippen LogP contribution in [0.25, 0.3) is 0 Å². The van der Waals surface area contributed by atoms with Gasteiger partial charge in [0.05, 0.1) is 11.6 Å². The Labute approximate surface area is 170 Å². The summed E-state index contributed by atoms with van der Waals surface area (Å²) in [5, 5.41) is 14.7. The minimum Gasteiger partial charge on any atom is -0.475 e. The lowest BCUT2D eigenvalue weighted by Gasteiger charge is -2.34. The predicted molar refractivity (Wildman–Crippen MR) is 97.4 cm³/mol. The van der Waals surface area contributed by atoms with Gasteiger partial charge in [-0.3, -0.25) is 15.0 Å². The van der Waals surface area contributed by atoms with Crippen molar-refractivity contribution < 1.29 is 32.2 Å². The van der Waals surface area contributed by atoms with Crippen LogP contribution >= 0.6 is 0 Å². The van der Waals surface area contributed by atoms with Gasteiger partial charge in [0, 0.05) is 19.0 Å². The van der Waals surface area contributed by atoms with Crippen LogP contribution in [0.3, 0.4) is 0 Å². The SMILES string of the molecule is CC[C@@]1(C)NC(=O)N(C2CCC(Oc3ccc(C#N)c(OC(F)(F)F)c3)NC2)C1=O. The van der Waals surface area contributed by atoms with E-state index in [0.717, 1.165) is 6.07 Å². The van der Waals surface area contributed by atoms with E-state index >= 15 is 0 Å². The second kappa shape index (κ2) is 8.02. The van der Waals surface area contributed by atoms with Gasteiger partial charge in [-0.2, -0.15) is 5.26 Å². The zero-order valence-corrected chi connectivity index (χ0v) is 16.4. The Morgan fingerprint density at radius 2 is 2.07 bits per heavy atom. The van der Waals surface area contributed by atoms with Crippen LogP contribution < -0.4 is 20.1 Å². The number of nitrogens with one attached hydrogen (secondary N) is 2. The first kappa shape index (κ1) is 21.7. The molecule has 2 saturated heterocycles. The van der Waals surface area contributed by atoms with E-state index in [1.807, 2.05) is 6.92 Å². The number of carbonyl (C=O) groups is 2. The predicted octanol–water partition coefficient (Wildman–Crippen LogP) is 2.63. The number of piperidine rings is 1. The Kier molecular flexibility index (Phi) is 5.81. The third-order valence-electron chi connectivity index (χ3n) is 5.29. The summed E-state index contributed by atoms with van der Waals surface area (Å²) in [6.45, 7) is 3.78. The molecule has 11 heteroatoms. The Bertz CT molecular complexity index is 878. The van der Waals surface area contributed by atoms with Gasteiger partial charge in [0.15, 0.2) is 5.75 Å². The zero-order chi connectivity index (χ0) is 22.1. The first-order chi connectivity index (χ1) is 14.1. The number of halogens is 3. The molecule has 0 aliphatic carbocycles. The number of imide groups is 1. The maximum atomic E-state index is 12.6. The third kappa shape index (κ3) is 4.43. The van der Waals surface area contributed by atoms with Gasteiger partial charge < -0.3 is 14.8 Å². The summed E-state index contributed by atoms with van der Waals surface area (Å²) in [7, 11) is 0. The molecule has 2 N–H and O–H groups in total. The number of rotatable bonds is 5. The first-order valence-electron chi connectivity index (χ1n) is 9.42. The minimum atomic E-state index is -4.93. The van der Waals surface area contributed by atoms with Crippen molar-refractivity contribution in [1.82, 2.24) is 15.5 Å². The molecule has 0 aromatic heterocycles. The van der Waals surface area contributed by atoms with Crippen molar-refractivity contribution >= 4 is 11.9 Å². The molecule has 2 unspecified atom stereocenters. The molecule has 2 heterocycles. The van der Waals surface area contributed by atoms with Crippen LogP contribution in [-0.4, -0.2) is 47.6 Å². The second-order valence-electron chi connectivity index (χ2n) is 7.35. The summed E-state index contributed by atoms with van der Waals surface area (Å²) in [6, 6.07) is 4.41. The van der Waals surface area contributed by atoms with Gasteiger partial charge in [-0.25, -0.2) is 4.79 Å². The topological polar surface area (TPSA) is 104 Å². The molecule has 2 fully saturated rings. The van der Waals surface area contributed by atoms with Crippen LogP contribution in [0.1, 0.15) is 38.7 Å². The van der Waals surface area contributed by atoms with Crippen molar-refractivity contribution in [3.05, 3.63) is 23.8 Å². The quantitative estimate of drug-likeness (QED) is 0.702. The van der Waals surface area contributed by atoms with Crippen LogP contribution in [0.15, 0.2) is 18.2 Å². The van der Waals surface area contributed by atoms with Crippen LogP contribution in [0.2, 0.25) is 0 Å². The van der Waals surface area contributed by atoms with Crippen molar-refractivity contribution in [1.29, 1.82) is 5.26 Å². The molecule has 2 aliphatic heterocycles. The van der Waals surface area contributed by atoms with E-state index in [1.165, 1.54) is 17.0 Å². The van der Waals surface area contributed by atoms with Crippen molar-refractivity contribution in [3.63, 3.8) is 0 Å². The molecular weight excluding hydrogens is 405 g/mol. The monoisotopic (exact) mass is 426 g/mol. The Hall–Kier alpha value is -3.00. The van der Waals surface area contributed by atoms with Gasteiger partial charge in [-0.05, 0) is 31.9 Å². The Balaban J connectivity index is 1.63. The standard InChI is InChI=1S/C19H21F3N4O4/c1-3-18(2)16(27)26(17(28)25-18)12-5-7-15(24-10-12)29-13-6-4-11(9-23)14(8-13)30-19(20,21)22/h4,6,8,12,15,24H,3,5,7,10H2,1-2H3,(H,25,28)/t12?,15?,18-/m1/s1. The molecule has 162 valence electrons. The summed E-state index contributed by atoms with van der Waals surface area (Å²) in [5.74, 6) is -0.825. The van der Waals surface area contributed by atoms with Gasteiger partial charge in [0.1, 0.15) is 23.6 Å². The molecule has 1 aromatic rings. The highest BCUT2D eigenvalue weighted by molar-refractivity contribution is 6.07. The molecule has 1 aromatic carbocycles. The lowest BCUT2D eigenvalue weighted by atomic mass is 9.97. The Morgan fingerprint density at radius 3 is 2.60 bits per heavy atom. The van der Waals surface area contributed by atoms with Gasteiger partial charge in [0.2, 0.25) is 0 Å². The second-order valence-corrected chi connectivity index (χ2v) is 7.35. The number of urea groups is 1. The molecule has 0 saturated carbocycles. The summed E-state index contributed by atoms with van der Waals surface area (Å²) in [5.41, 5.74) is -1.18. The number of alkyl halides is 3. The number of hydrogen-bond acceptors (Lipinski definition) is 6. The number of nitrogens with zero attached hydrogens (tertiary/aromatic N) is 2. The molecular formula is C19H21F3N4O4. The fourth-order valence-electron chi connectivity index (χ4n) is 3.46. The van der Waals surface area contributed by atoms with E-state index in [2.05, 4.69) is 15.4 Å². The molecule has 0 bridgehead atoms. The summed E-state index contributed by atoms with van der Waals surface area (Å²) < 4.78 is 47.1. The number of nitriles is 1. The van der Waals surface area contributed by atoms with Crippen LogP contribution in [-0.2, 0) is 4.79 Å². The molecule has 0 radical (unpaired) electrons. The minimum absolute atomic E-state index is 0.0951. The van der Waals surface area contributed by atoms with Crippen molar-refractivity contribution in [3.8, 4) is 17.6 Å². The third-order valence-corrected chi connectivity index (χ3v) is 5.29. The van der Waals surface area contributed by atoms with E-state index < -0.39 is 29.9 Å². The first-order valence-corrected chi connectivity index (χ1v) is 9.42. The lowest BCUT2D eigenvalue weighted by Crippen LogP contribution is -2.54. The largest absolute Gasteiger partial charge is 0.573 e. The number of carbonyl (C=O) groups excluding carboxylic acids is 2. The van der Waals surface area contributed by atoms with Gasteiger partial charge in [-0.15, -0.1) is 13.2 Å². The van der Waals surface area contributed by atoms with Crippen molar-refractivity contribution in [2.75, 3.05) is 6.54 Å². The smallest absolute Gasteiger partial charge is 0.475 e. The van der Waals surface area contributed by atoms with Crippen LogP contribution in [0, 0.1) is 11.3 Å². The van der Waals surface area contributed by atoms with E-state index in [1.54, 1.807) is 13.0 Å². The normalized spacial score (nSPS) is 26.9. The van der Waals surface area contributed by atoms with Crippen molar-refractivity contribution in [2.45, 2.75) is 57.3 Å². The lowest BCUT2D eigenvalue weighted by molar-refractivity contribution is -0.274. The van der Waals surface area contributed by atoms with Crippen molar-refractivity contribution in [2.24, 2.45) is 0 Å². The highest BCUT2D eigenvalue weighted by Crippen LogP contribution is 2.31. The maximum absolute atomic E-state index is 12.6. The molecule has 30 heavy (non-hydrogen) atoms. The summed E-state index contributed by atoms with van der Waals surface area (Å²) in [6.07, 6.45) is -4.11. The molecule has 3 amide bonds. The van der Waals surface area contributed by atoms with E-state index in [-0.39, 0.29) is 29.8 Å². The molecule has 0 spiro atoms. The molecule has 8 nitrogen and oxygen atoms in total. The summed E-state index contributed by atoms with van der Waals surface area (Å²) >= 11 is 0. The Morgan fingerprint density at radius 1 is 1.33 bits per heavy atom. The van der Waals surface area contributed by atoms with Crippen LogP contribution in [0.4, 0.5) is 18.0 Å². The van der Waals surface area contributed by atoms with E-state index in [0.29, 0.717) is 19.3 Å². The van der Waals surface area contributed by atoms with Gasteiger partial charge in [0.25, 0.3) is 5.91 Å². The zero-order valence-electron chi connectivity index (χ0n) is 16.4. The average molecular weight is 426 g/mol. The highest BCUT2D eigenvalue weighted by atomic mass is 19.4. The summed E-state index contributed by atoms with van der Waals surface area (Å²) in [4.78, 5) is 26.1. The van der Waals surface area contributed by atoms with Gasteiger partial charge in [-0.1, -0.05) is 6.92 Å². The highest BCUT2D eigenvalue weighted by Gasteiger charge is 2.49. The number of ether oxygens (including phenoxy) is 2. The fourth-order valence-corrected chi connectivity index (χ4v) is 3.46. The van der Waals surface area contributed by atoms with Gasteiger partial charge >= 0.3 is 12.4 Å². The van der Waals surface area contributed by atoms with E-state index in [4.69, 9.17) is 10.00 Å². The maximum Gasteiger partial charge on any atom is 0.573 e. The average Bonchev–Trinajstić information content (AvgIpc) is 2.91. The van der Waals surface area contributed by atoms with Crippen LogP contribution in [0.5, 0.6) is 11.5 Å². The fraction of sp³-hybridized carbons (Fsp3) is 0.526. The molecule has 3 rings (SSSR count). The number of amides is 3. The number of benzene rings is 1. The molecule has 2 aliphatic rings. The molecule has 3 atom stereocenters. The number of hydrogen-bond donors (Lipinski definition) is 2.